The second-order valence-electron chi connectivity index (χ2n) is 5.96. The zero-order valence-electron chi connectivity index (χ0n) is 14.7. The maximum Gasteiger partial charge on any atom is 0.276 e. The van der Waals surface area contributed by atoms with Gasteiger partial charge in [-0.15, -0.1) is 0 Å². The van der Waals surface area contributed by atoms with Gasteiger partial charge in [0.15, 0.2) is 0 Å². The number of ether oxygens (including phenoxy) is 1. The molecule has 0 aliphatic rings. The number of amides is 1. The van der Waals surface area contributed by atoms with E-state index in [0.29, 0.717) is 11.6 Å². The van der Waals surface area contributed by atoms with E-state index in [0.717, 1.165) is 17.0 Å². The van der Waals surface area contributed by atoms with Crippen molar-refractivity contribution in [1.29, 1.82) is 0 Å². The van der Waals surface area contributed by atoms with Crippen molar-refractivity contribution >= 4 is 11.9 Å². The van der Waals surface area contributed by atoms with Crippen molar-refractivity contribution in [2.45, 2.75) is 19.9 Å². The van der Waals surface area contributed by atoms with E-state index < -0.39 is 0 Å². The van der Waals surface area contributed by atoms with Crippen LogP contribution in [0.3, 0.4) is 0 Å². The first-order valence-electron chi connectivity index (χ1n) is 8.02. The Morgan fingerprint density at radius 3 is 2.56 bits per heavy atom. The van der Waals surface area contributed by atoms with Crippen LogP contribution in [0.2, 0.25) is 0 Å². The third-order valence-corrected chi connectivity index (χ3v) is 3.99. The molecule has 1 aromatic carbocycles. The normalized spacial score (nSPS) is 10.9. The second kappa shape index (κ2) is 6.80. The lowest BCUT2D eigenvalue weighted by molar-refractivity contribution is 0.101. The molecule has 0 spiro atoms. The minimum absolute atomic E-state index is 0.104. The predicted molar refractivity (Wildman–Crippen MR) is 95.8 cm³/mol. The Morgan fingerprint density at radius 1 is 1.20 bits per heavy atom. The summed E-state index contributed by atoms with van der Waals surface area (Å²) in [7, 11) is 3.50. The van der Waals surface area contributed by atoms with Crippen LogP contribution in [0.15, 0.2) is 42.7 Å². The Kier molecular flexibility index (Phi) is 4.56. The van der Waals surface area contributed by atoms with Crippen molar-refractivity contribution in [3.05, 3.63) is 48.4 Å². The van der Waals surface area contributed by atoms with Crippen molar-refractivity contribution in [3.8, 4) is 17.0 Å². The topological polar surface area (TPSA) is 74.0 Å². The number of imidazole rings is 1. The van der Waals surface area contributed by atoms with Crippen LogP contribution in [0.5, 0.6) is 5.75 Å². The molecule has 0 bridgehead atoms. The minimum Gasteiger partial charge on any atom is -0.497 e. The van der Waals surface area contributed by atoms with E-state index in [1.54, 1.807) is 30.3 Å². The quantitative estimate of drug-likeness (QED) is 0.775. The first-order chi connectivity index (χ1) is 12.0. The summed E-state index contributed by atoms with van der Waals surface area (Å²) in [5.41, 5.74) is 2.39. The van der Waals surface area contributed by atoms with Crippen LogP contribution in [0.4, 0.5) is 5.95 Å². The number of carbonyl (C=O) groups is 1. The molecule has 0 unspecified atom stereocenters. The molecule has 7 nitrogen and oxygen atoms in total. The van der Waals surface area contributed by atoms with Crippen molar-refractivity contribution in [2.24, 2.45) is 7.05 Å². The lowest BCUT2D eigenvalue weighted by Crippen LogP contribution is -2.20. The van der Waals surface area contributed by atoms with Crippen LogP contribution in [0.1, 0.15) is 30.4 Å². The zero-order valence-corrected chi connectivity index (χ0v) is 14.7. The molecule has 0 fully saturated rings. The van der Waals surface area contributed by atoms with Crippen molar-refractivity contribution in [1.82, 2.24) is 19.3 Å². The van der Waals surface area contributed by atoms with Crippen LogP contribution in [-0.4, -0.2) is 32.3 Å². The van der Waals surface area contributed by atoms with Crippen LogP contribution >= 0.6 is 0 Å². The van der Waals surface area contributed by atoms with Gasteiger partial charge >= 0.3 is 0 Å². The third kappa shape index (κ3) is 3.26. The number of benzene rings is 1. The molecule has 3 aromatic rings. The molecule has 25 heavy (non-hydrogen) atoms. The summed E-state index contributed by atoms with van der Waals surface area (Å²) in [5, 5.41) is 7.03. The van der Waals surface area contributed by atoms with Gasteiger partial charge in [0.05, 0.1) is 19.0 Å². The van der Waals surface area contributed by atoms with Gasteiger partial charge in [0, 0.05) is 24.8 Å². The van der Waals surface area contributed by atoms with Crippen LogP contribution < -0.4 is 10.1 Å². The van der Waals surface area contributed by atoms with Gasteiger partial charge < -0.3 is 9.30 Å². The standard InChI is InChI=1S/C18H21N5O2/c1-12(2)23-15(9-10-20-23)17(24)21-18-19-11-16(22(18)3)13-5-7-14(25-4)8-6-13/h5-12H,1-4H3,(H,19,21,24). The fourth-order valence-electron chi connectivity index (χ4n) is 2.63. The maximum atomic E-state index is 12.5. The van der Waals surface area contributed by atoms with Gasteiger partial charge in [0.1, 0.15) is 11.4 Å². The zero-order chi connectivity index (χ0) is 18.0. The Labute approximate surface area is 146 Å². The van der Waals surface area contributed by atoms with E-state index in [-0.39, 0.29) is 11.9 Å². The van der Waals surface area contributed by atoms with Gasteiger partial charge in [-0.2, -0.15) is 5.10 Å². The molecule has 1 amide bonds. The van der Waals surface area contributed by atoms with Gasteiger partial charge in [-0.1, -0.05) is 0 Å². The van der Waals surface area contributed by atoms with E-state index >= 15 is 0 Å². The number of hydrogen-bond acceptors (Lipinski definition) is 4. The molecule has 130 valence electrons. The molecule has 0 saturated carbocycles. The molecule has 1 N–H and O–H groups in total. The third-order valence-electron chi connectivity index (χ3n) is 3.99. The highest BCUT2D eigenvalue weighted by molar-refractivity contribution is 6.02. The van der Waals surface area contributed by atoms with Gasteiger partial charge in [-0.05, 0) is 44.2 Å². The van der Waals surface area contributed by atoms with Crippen molar-refractivity contribution in [2.75, 3.05) is 12.4 Å². The van der Waals surface area contributed by atoms with E-state index in [2.05, 4.69) is 15.4 Å². The molecular weight excluding hydrogens is 318 g/mol. The Morgan fingerprint density at radius 2 is 1.92 bits per heavy atom. The summed E-state index contributed by atoms with van der Waals surface area (Å²) < 4.78 is 8.70. The number of carbonyl (C=O) groups excluding carboxylic acids is 1. The lowest BCUT2D eigenvalue weighted by Gasteiger charge is -2.11. The number of aromatic nitrogens is 4. The van der Waals surface area contributed by atoms with Gasteiger partial charge in [-0.3, -0.25) is 14.8 Å². The summed E-state index contributed by atoms with van der Waals surface area (Å²) in [6.45, 7) is 3.96. The monoisotopic (exact) mass is 339 g/mol. The van der Waals surface area contributed by atoms with E-state index in [1.807, 2.05) is 49.7 Å². The lowest BCUT2D eigenvalue weighted by atomic mass is 10.1. The molecule has 0 aliphatic carbocycles. The minimum atomic E-state index is -0.235. The average Bonchev–Trinajstić information content (AvgIpc) is 3.23. The second-order valence-corrected chi connectivity index (χ2v) is 5.96. The highest BCUT2D eigenvalue weighted by Gasteiger charge is 2.17. The number of hydrogen-bond donors (Lipinski definition) is 1. The molecule has 0 aliphatic heterocycles. The SMILES string of the molecule is COc1ccc(-c2cnc(NC(=O)c3ccnn3C(C)C)n2C)cc1. The number of methoxy groups -OCH3 is 1. The summed E-state index contributed by atoms with van der Waals surface area (Å²) >= 11 is 0. The van der Waals surface area contributed by atoms with Gasteiger partial charge in [0.25, 0.3) is 5.91 Å². The highest BCUT2D eigenvalue weighted by Crippen LogP contribution is 2.24. The molecule has 2 aromatic heterocycles. The number of rotatable bonds is 5. The van der Waals surface area contributed by atoms with Crippen LogP contribution in [0.25, 0.3) is 11.3 Å². The van der Waals surface area contributed by atoms with Gasteiger partial charge in [-0.25, -0.2) is 4.98 Å². The first kappa shape index (κ1) is 16.8. The first-order valence-corrected chi connectivity index (χ1v) is 8.02. The predicted octanol–water partition coefficient (Wildman–Crippen LogP) is 3.13. The molecule has 0 saturated heterocycles. The van der Waals surface area contributed by atoms with E-state index in [9.17, 15) is 4.79 Å². The molecule has 0 radical (unpaired) electrons. The molecule has 3 rings (SSSR count). The molecule has 2 heterocycles. The largest absolute Gasteiger partial charge is 0.497 e. The molecule has 7 heteroatoms. The Balaban J connectivity index is 1.83. The molecular formula is C18H21N5O2. The number of anilines is 1. The fraction of sp³-hybridized carbons (Fsp3) is 0.278. The van der Waals surface area contributed by atoms with Crippen molar-refractivity contribution < 1.29 is 9.53 Å². The summed E-state index contributed by atoms with van der Waals surface area (Å²) in [4.78, 5) is 16.9. The summed E-state index contributed by atoms with van der Waals surface area (Å²) in [5.74, 6) is 1.04. The summed E-state index contributed by atoms with van der Waals surface area (Å²) in [6, 6.07) is 9.49. The van der Waals surface area contributed by atoms with E-state index in [1.165, 1.54) is 0 Å². The van der Waals surface area contributed by atoms with Crippen LogP contribution in [0, 0.1) is 0 Å². The number of nitrogens with zero attached hydrogens (tertiary/aromatic N) is 4. The number of nitrogens with one attached hydrogen (secondary N) is 1. The Hall–Kier alpha value is -3.09. The maximum absolute atomic E-state index is 12.5. The van der Waals surface area contributed by atoms with Crippen LogP contribution in [-0.2, 0) is 7.05 Å². The Bertz CT molecular complexity index is 877. The van der Waals surface area contributed by atoms with E-state index in [4.69, 9.17) is 4.74 Å². The average molecular weight is 339 g/mol. The smallest absolute Gasteiger partial charge is 0.276 e. The van der Waals surface area contributed by atoms with Crippen molar-refractivity contribution in [3.63, 3.8) is 0 Å². The van der Waals surface area contributed by atoms with Gasteiger partial charge in [0.2, 0.25) is 5.95 Å². The fourth-order valence-corrected chi connectivity index (χ4v) is 2.63. The highest BCUT2D eigenvalue weighted by atomic mass is 16.5. The molecule has 0 atom stereocenters. The summed E-state index contributed by atoms with van der Waals surface area (Å²) in [6.07, 6.45) is 3.35.